The summed E-state index contributed by atoms with van der Waals surface area (Å²) >= 11 is 0. The van der Waals surface area contributed by atoms with Crippen LogP contribution in [0.5, 0.6) is 0 Å². The van der Waals surface area contributed by atoms with Gasteiger partial charge in [-0.15, -0.1) is 0 Å². The first-order valence-corrected chi connectivity index (χ1v) is 3.41. The van der Waals surface area contributed by atoms with Gasteiger partial charge >= 0.3 is 6.55 Å². The van der Waals surface area contributed by atoms with E-state index in [0.29, 0.717) is 10.4 Å². The summed E-state index contributed by atoms with van der Waals surface area (Å²) in [5.74, 6) is 4.01. The smallest absolute Gasteiger partial charge is 0.289 e. The number of nitrogens with two attached hydrogens (primary N) is 1. The van der Waals surface area contributed by atoms with E-state index in [1.165, 1.54) is 13.0 Å². The first kappa shape index (κ1) is 9.59. The number of nitrogen functional groups attached to an aromatic ring is 1. The highest BCUT2D eigenvalue weighted by Crippen LogP contribution is 2.13. The third-order valence-corrected chi connectivity index (χ3v) is 1.41. The van der Waals surface area contributed by atoms with Crippen molar-refractivity contribution < 1.29 is 13.6 Å². The van der Waals surface area contributed by atoms with E-state index in [4.69, 9.17) is 5.84 Å². The quantitative estimate of drug-likeness (QED) is 0.397. The highest BCUT2D eigenvalue weighted by molar-refractivity contribution is 5.92. The van der Waals surface area contributed by atoms with Gasteiger partial charge in [-0.25, -0.2) is 5.84 Å². The monoisotopic (exact) mass is 190 g/mol. The summed E-state index contributed by atoms with van der Waals surface area (Å²) in [6.45, 7) is -1.34. The molecule has 1 rings (SSSR count). The van der Waals surface area contributed by atoms with Crippen LogP contribution in [0, 0.1) is 6.92 Å². The predicted molar refractivity (Wildman–Crippen MR) is 39.9 cm³/mol. The molecule has 0 bridgehead atoms. The van der Waals surface area contributed by atoms with Gasteiger partial charge in [0.1, 0.15) is 5.69 Å². The average molecular weight is 190 g/mol. The Labute approximate surface area is 72.5 Å². The number of aryl methyl sites for hydroxylation is 1. The van der Waals surface area contributed by atoms with Crippen LogP contribution in [0.25, 0.3) is 0 Å². The first-order valence-electron chi connectivity index (χ1n) is 3.41. The fraction of sp³-hybridized carbons (Fsp3) is 0.333. The third kappa shape index (κ3) is 1.81. The summed E-state index contributed by atoms with van der Waals surface area (Å²) in [5.41, 5.74) is 1.83. The number of carbonyl (C=O) groups excluding carboxylic acids is 1. The third-order valence-electron chi connectivity index (χ3n) is 1.41. The van der Waals surface area contributed by atoms with Gasteiger partial charge in [0.15, 0.2) is 0 Å². The number of hydrogen-bond acceptors (Lipinski definition) is 3. The number of nitrogens with one attached hydrogen (secondary N) is 1. The van der Waals surface area contributed by atoms with Crippen molar-refractivity contribution in [3.05, 3.63) is 17.5 Å². The Morgan fingerprint density at radius 3 is 2.85 bits per heavy atom. The van der Waals surface area contributed by atoms with Gasteiger partial charge in [0, 0.05) is 0 Å². The van der Waals surface area contributed by atoms with E-state index in [2.05, 4.69) is 5.10 Å². The van der Waals surface area contributed by atoms with Crippen LogP contribution >= 0.6 is 0 Å². The molecule has 1 aromatic heterocycles. The number of rotatable bonds is 2. The Balaban J connectivity index is 3.11. The minimum atomic E-state index is -2.85. The van der Waals surface area contributed by atoms with Gasteiger partial charge in [-0.2, -0.15) is 18.6 Å². The number of halogens is 2. The van der Waals surface area contributed by atoms with Crippen LogP contribution in [0.15, 0.2) is 6.07 Å². The lowest BCUT2D eigenvalue weighted by molar-refractivity contribution is 0.0507. The van der Waals surface area contributed by atoms with E-state index in [1.54, 1.807) is 5.43 Å². The van der Waals surface area contributed by atoms with E-state index in [-0.39, 0.29) is 5.69 Å². The SMILES string of the molecule is Cc1cc(C(=O)NN)n(C(F)F)n1. The molecule has 0 fully saturated rings. The standard InChI is InChI=1S/C6H8F2N4O/c1-3-2-4(5(13)10-9)12(11-3)6(7)8/h2,6H,9H2,1H3,(H,10,13). The molecule has 5 nitrogen and oxygen atoms in total. The molecule has 72 valence electrons. The molecule has 0 saturated carbocycles. The maximum atomic E-state index is 12.2. The Bertz CT molecular complexity index is 322. The van der Waals surface area contributed by atoms with Gasteiger partial charge in [-0.05, 0) is 13.0 Å². The maximum absolute atomic E-state index is 12.2. The average Bonchev–Trinajstić information content (AvgIpc) is 2.46. The van der Waals surface area contributed by atoms with Gasteiger partial charge in [0.2, 0.25) is 0 Å². The molecule has 1 heterocycles. The lowest BCUT2D eigenvalue weighted by Gasteiger charge is -2.03. The highest BCUT2D eigenvalue weighted by Gasteiger charge is 2.18. The molecule has 0 atom stereocenters. The summed E-state index contributed by atoms with van der Waals surface area (Å²) in [4.78, 5) is 10.9. The molecule has 0 unspecified atom stereocenters. The van der Waals surface area contributed by atoms with E-state index in [1.807, 2.05) is 0 Å². The molecule has 0 aliphatic heterocycles. The minimum Gasteiger partial charge on any atom is -0.289 e. The Kier molecular flexibility index (Phi) is 2.57. The number of nitrogens with zero attached hydrogens (tertiary/aromatic N) is 2. The fourth-order valence-corrected chi connectivity index (χ4v) is 0.909. The van der Waals surface area contributed by atoms with Crippen molar-refractivity contribution in [1.82, 2.24) is 15.2 Å². The second-order valence-electron chi connectivity index (χ2n) is 2.37. The molecule has 3 N–H and O–H groups in total. The molecular formula is C6H8F2N4O. The maximum Gasteiger partial charge on any atom is 0.333 e. The Hall–Kier alpha value is -1.50. The van der Waals surface area contributed by atoms with Crippen LogP contribution in [0.3, 0.4) is 0 Å². The highest BCUT2D eigenvalue weighted by atomic mass is 19.3. The topological polar surface area (TPSA) is 72.9 Å². The number of aromatic nitrogens is 2. The van der Waals surface area contributed by atoms with Crippen LogP contribution in [-0.4, -0.2) is 15.7 Å². The van der Waals surface area contributed by atoms with Crippen molar-refractivity contribution in [2.24, 2.45) is 5.84 Å². The van der Waals surface area contributed by atoms with Gasteiger partial charge in [0.25, 0.3) is 5.91 Å². The lowest BCUT2D eigenvalue weighted by atomic mass is 10.3. The lowest BCUT2D eigenvalue weighted by Crippen LogP contribution is -2.32. The molecule has 0 aromatic carbocycles. The number of alkyl halides is 2. The van der Waals surface area contributed by atoms with Crippen molar-refractivity contribution in [2.75, 3.05) is 0 Å². The zero-order valence-electron chi connectivity index (χ0n) is 6.79. The minimum absolute atomic E-state index is 0.255. The normalized spacial score (nSPS) is 10.5. The Morgan fingerprint density at radius 2 is 2.38 bits per heavy atom. The van der Waals surface area contributed by atoms with Crippen LogP contribution in [0.4, 0.5) is 8.78 Å². The van der Waals surface area contributed by atoms with E-state index < -0.39 is 12.5 Å². The number of amides is 1. The van der Waals surface area contributed by atoms with Crippen molar-refractivity contribution in [2.45, 2.75) is 13.5 Å². The summed E-state index contributed by atoms with van der Waals surface area (Å²) in [7, 11) is 0. The van der Waals surface area contributed by atoms with E-state index >= 15 is 0 Å². The number of hydrogen-bond donors (Lipinski definition) is 2. The van der Waals surface area contributed by atoms with Crippen molar-refractivity contribution >= 4 is 5.91 Å². The van der Waals surface area contributed by atoms with Gasteiger partial charge in [-0.3, -0.25) is 10.2 Å². The van der Waals surface area contributed by atoms with Crippen molar-refractivity contribution in [3.8, 4) is 0 Å². The predicted octanol–water partition coefficient (Wildman–Crippen LogP) is 0.190. The molecule has 1 amide bonds. The van der Waals surface area contributed by atoms with Gasteiger partial charge in [-0.1, -0.05) is 0 Å². The summed E-state index contributed by atoms with van der Waals surface area (Å²) < 4.78 is 24.8. The first-order chi connectivity index (χ1) is 6.06. The number of carbonyl (C=O) groups is 1. The van der Waals surface area contributed by atoms with E-state index in [0.717, 1.165) is 0 Å². The van der Waals surface area contributed by atoms with Crippen LogP contribution < -0.4 is 11.3 Å². The number of hydrazine groups is 1. The molecule has 0 aliphatic rings. The van der Waals surface area contributed by atoms with Crippen molar-refractivity contribution in [3.63, 3.8) is 0 Å². The molecule has 0 aliphatic carbocycles. The zero-order valence-corrected chi connectivity index (χ0v) is 6.79. The Morgan fingerprint density at radius 1 is 1.77 bits per heavy atom. The fourth-order valence-electron chi connectivity index (χ4n) is 0.909. The van der Waals surface area contributed by atoms with Gasteiger partial charge < -0.3 is 0 Å². The molecule has 1 aromatic rings. The summed E-state index contributed by atoms with van der Waals surface area (Å²) in [6.07, 6.45) is 0. The molecule has 0 saturated heterocycles. The van der Waals surface area contributed by atoms with Crippen molar-refractivity contribution in [1.29, 1.82) is 0 Å². The van der Waals surface area contributed by atoms with E-state index in [9.17, 15) is 13.6 Å². The van der Waals surface area contributed by atoms with Crippen LogP contribution in [0.2, 0.25) is 0 Å². The molecule has 0 radical (unpaired) electrons. The zero-order chi connectivity index (χ0) is 10.0. The largest absolute Gasteiger partial charge is 0.333 e. The van der Waals surface area contributed by atoms with Crippen LogP contribution in [-0.2, 0) is 0 Å². The second kappa shape index (κ2) is 3.48. The van der Waals surface area contributed by atoms with Gasteiger partial charge in [0.05, 0.1) is 5.69 Å². The summed E-state index contributed by atoms with van der Waals surface area (Å²) in [6, 6.07) is 1.23. The van der Waals surface area contributed by atoms with Crippen LogP contribution in [0.1, 0.15) is 22.7 Å². The molecular weight excluding hydrogens is 182 g/mol. The molecule has 13 heavy (non-hydrogen) atoms. The second-order valence-corrected chi connectivity index (χ2v) is 2.37. The summed E-state index contributed by atoms with van der Waals surface area (Å²) in [5, 5.41) is 3.43. The molecule has 7 heteroatoms. The molecule has 0 spiro atoms.